The van der Waals surface area contributed by atoms with Crippen molar-refractivity contribution >= 4 is 61.0 Å². The Balaban J connectivity index is 1.70. The molecule has 0 unspecified atom stereocenters. The highest BCUT2D eigenvalue weighted by molar-refractivity contribution is 9.10. The zero-order chi connectivity index (χ0) is 22.3. The van der Waals surface area contributed by atoms with E-state index in [0.29, 0.717) is 16.1 Å². The molecule has 3 aromatic rings. The van der Waals surface area contributed by atoms with Crippen molar-refractivity contribution in [3.05, 3.63) is 57.0 Å². The van der Waals surface area contributed by atoms with E-state index >= 15 is 0 Å². The Morgan fingerprint density at radius 1 is 1.29 bits per heavy atom. The molecule has 0 spiro atoms. The summed E-state index contributed by atoms with van der Waals surface area (Å²) in [5, 5.41) is 9.75. The van der Waals surface area contributed by atoms with Gasteiger partial charge < -0.3 is 15.1 Å². The highest BCUT2D eigenvalue weighted by atomic mass is 79.9. The Bertz CT molecular complexity index is 1130. The van der Waals surface area contributed by atoms with Crippen LogP contribution < -0.4 is 10.6 Å². The quantitative estimate of drug-likeness (QED) is 0.339. The Hall–Kier alpha value is -1.92. The minimum absolute atomic E-state index is 0.0643. The Morgan fingerprint density at radius 2 is 2.03 bits per heavy atom. The number of carbonyl (C=O) groups is 1. The van der Waals surface area contributed by atoms with Gasteiger partial charge in [-0.15, -0.1) is 11.8 Å². The molecule has 2 aromatic heterocycles. The first-order valence-corrected chi connectivity index (χ1v) is 11.8. The van der Waals surface area contributed by atoms with Gasteiger partial charge in [0.25, 0.3) is 5.91 Å². The molecule has 164 valence electrons. The second-order valence-corrected chi connectivity index (χ2v) is 9.16. The molecule has 1 amide bonds. The van der Waals surface area contributed by atoms with Crippen LogP contribution in [0.3, 0.4) is 0 Å². The van der Waals surface area contributed by atoms with E-state index < -0.39 is 24.2 Å². The van der Waals surface area contributed by atoms with Gasteiger partial charge in [0.2, 0.25) is 0 Å². The third-order valence-corrected chi connectivity index (χ3v) is 6.78. The highest BCUT2D eigenvalue weighted by Gasteiger charge is 2.48. The summed E-state index contributed by atoms with van der Waals surface area (Å²) in [5.41, 5.74) is 0.408. The molecule has 0 saturated heterocycles. The van der Waals surface area contributed by atoms with E-state index in [1.54, 1.807) is 24.3 Å². The van der Waals surface area contributed by atoms with Gasteiger partial charge in [-0.3, -0.25) is 4.79 Å². The molecule has 2 atom stereocenters. The van der Waals surface area contributed by atoms with Crippen molar-refractivity contribution in [3.8, 4) is 0 Å². The molecule has 2 N–H and O–H groups in total. The SMILES string of the molecule is CSc1ccccc1NC(=O)c1nn2c(c1Br)N[C@@H](c1ccc(Br)o1)C[C@H]2C(F)(F)F. The summed E-state index contributed by atoms with van der Waals surface area (Å²) in [5.74, 6) is -0.204. The fourth-order valence-corrected chi connectivity index (χ4v) is 4.79. The van der Waals surface area contributed by atoms with Crippen LogP contribution in [0.25, 0.3) is 0 Å². The lowest BCUT2D eigenvalue weighted by atomic mass is 10.0. The second kappa shape index (κ2) is 8.55. The zero-order valence-corrected chi connectivity index (χ0v) is 19.8. The number of para-hydroxylation sites is 1. The number of carbonyl (C=O) groups excluding carboxylic acids is 1. The molecule has 0 aliphatic carbocycles. The first-order chi connectivity index (χ1) is 14.7. The summed E-state index contributed by atoms with van der Waals surface area (Å²) in [6, 6.07) is 7.69. The summed E-state index contributed by atoms with van der Waals surface area (Å²) in [6.45, 7) is 0. The molecular weight excluding hydrogens is 565 g/mol. The van der Waals surface area contributed by atoms with Crippen molar-refractivity contribution in [2.24, 2.45) is 0 Å². The first-order valence-electron chi connectivity index (χ1n) is 9.00. The van der Waals surface area contributed by atoms with Crippen LogP contribution in [0.15, 0.2) is 54.9 Å². The lowest BCUT2D eigenvalue weighted by Crippen LogP contribution is -2.35. The maximum Gasteiger partial charge on any atom is 0.410 e. The molecule has 1 aliphatic rings. The standard InChI is InChI=1S/C19H15Br2F3N4O2S/c1-31-12-5-3-2-4-9(12)26-18(29)16-15(21)17-25-10(11-6-7-14(20)30-11)8-13(19(22,23)24)28(17)27-16/h2-7,10,13,25H,8H2,1H3,(H,26,29)/t10-,13+/m1/s1. The monoisotopic (exact) mass is 578 g/mol. The number of hydrogen-bond acceptors (Lipinski definition) is 5. The average molecular weight is 580 g/mol. The number of rotatable bonds is 4. The zero-order valence-electron chi connectivity index (χ0n) is 15.8. The number of halogens is 5. The molecule has 0 bridgehead atoms. The number of nitrogens with one attached hydrogen (secondary N) is 2. The van der Waals surface area contributed by atoms with Crippen LogP contribution in [0.2, 0.25) is 0 Å². The van der Waals surface area contributed by atoms with E-state index in [1.807, 2.05) is 18.4 Å². The molecule has 6 nitrogen and oxygen atoms in total. The third kappa shape index (κ3) is 4.37. The Labute approximate surface area is 196 Å². The summed E-state index contributed by atoms with van der Waals surface area (Å²) >= 11 is 7.88. The van der Waals surface area contributed by atoms with Crippen LogP contribution in [0.4, 0.5) is 24.7 Å². The van der Waals surface area contributed by atoms with Gasteiger partial charge >= 0.3 is 6.18 Å². The topological polar surface area (TPSA) is 72.1 Å². The van der Waals surface area contributed by atoms with Gasteiger partial charge in [0.15, 0.2) is 16.4 Å². The van der Waals surface area contributed by atoms with Crippen molar-refractivity contribution < 1.29 is 22.4 Å². The molecule has 4 rings (SSSR count). The van der Waals surface area contributed by atoms with E-state index in [9.17, 15) is 18.0 Å². The van der Waals surface area contributed by atoms with Gasteiger partial charge in [0.05, 0.1) is 16.2 Å². The summed E-state index contributed by atoms with van der Waals surface area (Å²) in [7, 11) is 0. The Kier molecular flexibility index (Phi) is 6.14. The lowest BCUT2D eigenvalue weighted by Gasteiger charge is -2.32. The normalized spacial score (nSPS) is 18.4. The number of aromatic nitrogens is 2. The van der Waals surface area contributed by atoms with Gasteiger partial charge in [-0.1, -0.05) is 12.1 Å². The fraction of sp³-hybridized carbons (Fsp3) is 0.263. The predicted molar refractivity (Wildman–Crippen MR) is 119 cm³/mol. The second-order valence-electron chi connectivity index (χ2n) is 6.74. The molecule has 3 heterocycles. The summed E-state index contributed by atoms with van der Waals surface area (Å²) < 4.78 is 48.4. The molecule has 0 radical (unpaired) electrons. The number of fused-ring (bicyclic) bond motifs is 1. The number of anilines is 2. The van der Waals surface area contributed by atoms with Crippen molar-refractivity contribution in [1.82, 2.24) is 9.78 Å². The molecular formula is C19H15Br2F3N4O2S. The maximum atomic E-state index is 13.9. The molecule has 0 saturated carbocycles. The van der Waals surface area contributed by atoms with Gasteiger partial charge in [0.1, 0.15) is 11.6 Å². The van der Waals surface area contributed by atoms with Gasteiger partial charge in [-0.05, 0) is 62.4 Å². The minimum atomic E-state index is -4.57. The maximum absolute atomic E-state index is 13.9. The van der Waals surface area contributed by atoms with Crippen LogP contribution in [-0.4, -0.2) is 28.1 Å². The average Bonchev–Trinajstić information content (AvgIpc) is 3.30. The van der Waals surface area contributed by atoms with E-state index in [-0.39, 0.29) is 22.4 Å². The van der Waals surface area contributed by atoms with Crippen LogP contribution in [0.1, 0.15) is 34.8 Å². The van der Waals surface area contributed by atoms with Crippen LogP contribution in [-0.2, 0) is 0 Å². The largest absolute Gasteiger partial charge is 0.452 e. The van der Waals surface area contributed by atoms with Crippen molar-refractivity contribution in [1.29, 1.82) is 0 Å². The number of benzene rings is 1. The molecule has 0 fully saturated rings. The van der Waals surface area contributed by atoms with Crippen LogP contribution in [0, 0.1) is 0 Å². The van der Waals surface area contributed by atoms with Gasteiger partial charge in [-0.2, -0.15) is 18.3 Å². The number of furan rings is 1. The lowest BCUT2D eigenvalue weighted by molar-refractivity contribution is -0.174. The van der Waals surface area contributed by atoms with E-state index in [0.717, 1.165) is 9.58 Å². The smallest absolute Gasteiger partial charge is 0.410 e. The molecule has 12 heteroatoms. The van der Waals surface area contributed by atoms with E-state index in [4.69, 9.17) is 4.42 Å². The van der Waals surface area contributed by atoms with Crippen molar-refractivity contribution in [3.63, 3.8) is 0 Å². The highest BCUT2D eigenvalue weighted by Crippen LogP contribution is 2.46. The summed E-state index contributed by atoms with van der Waals surface area (Å²) in [4.78, 5) is 13.7. The van der Waals surface area contributed by atoms with Crippen LogP contribution >= 0.6 is 43.6 Å². The summed E-state index contributed by atoms with van der Waals surface area (Å²) in [6.07, 6.45) is -3.04. The molecule has 1 aromatic carbocycles. The minimum Gasteiger partial charge on any atom is -0.452 e. The number of hydrogen-bond donors (Lipinski definition) is 2. The fourth-order valence-electron chi connectivity index (χ4n) is 3.37. The third-order valence-electron chi connectivity index (χ3n) is 4.80. The number of nitrogens with zero attached hydrogens (tertiary/aromatic N) is 2. The van der Waals surface area contributed by atoms with Crippen molar-refractivity contribution in [2.75, 3.05) is 16.9 Å². The predicted octanol–water partition coefficient (Wildman–Crippen LogP) is 6.64. The Morgan fingerprint density at radius 3 is 2.68 bits per heavy atom. The van der Waals surface area contributed by atoms with Gasteiger partial charge in [-0.25, -0.2) is 4.68 Å². The first kappa shape index (κ1) is 22.3. The molecule has 1 aliphatic heterocycles. The van der Waals surface area contributed by atoms with Crippen LogP contribution in [0.5, 0.6) is 0 Å². The molecule has 31 heavy (non-hydrogen) atoms. The van der Waals surface area contributed by atoms with E-state index in [2.05, 4.69) is 47.6 Å². The number of amides is 1. The number of alkyl halides is 3. The van der Waals surface area contributed by atoms with Crippen molar-refractivity contribution in [2.45, 2.75) is 29.6 Å². The number of thioether (sulfide) groups is 1. The van der Waals surface area contributed by atoms with Gasteiger partial charge in [0, 0.05) is 11.3 Å². The van der Waals surface area contributed by atoms with E-state index in [1.165, 1.54) is 11.8 Å².